The normalized spacial score (nSPS) is 19.5. The highest BCUT2D eigenvalue weighted by molar-refractivity contribution is 7.99. The third kappa shape index (κ3) is 4.67. The van der Waals surface area contributed by atoms with Crippen LogP contribution in [0.25, 0.3) is 0 Å². The zero-order valence-corrected chi connectivity index (χ0v) is 10.6. The summed E-state index contributed by atoms with van der Waals surface area (Å²) in [7, 11) is 2.22. The molecule has 1 rings (SSSR count). The Balaban J connectivity index is 2.02. The van der Waals surface area contributed by atoms with Crippen LogP contribution in [0.2, 0.25) is 0 Å². The van der Waals surface area contributed by atoms with Gasteiger partial charge >= 0.3 is 0 Å². The van der Waals surface area contributed by atoms with Crippen molar-refractivity contribution < 1.29 is 0 Å². The number of nitrogens with zero attached hydrogens (tertiary/aromatic N) is 1. The highest BCUT2D eigenvalue weighted by Crippen LogP contribution is 2.19. The van der Waals surface area contributed by atoms with Crippen molar-refractivity contribution in [3.63, 3.8) is 0 Å². The number of hydrogen-bond acceptors (Lipinski definition) is 3. The van der Waals surface area contributed by atoms with Gasteiger partial charge in [0, 0.05) is 23.6 Å². The quantitative estimate of drug-likeness (QED) is 0.754. The van der Waals surface area contributed by atoms with Crippen LogP contribution in [-0.2, 0) is 0 Å². The van der Waals surface area contributed by atoms with E-state index >= 15 is 0 Å². The van der Waals surface area contributed by atoms with Crippen LogP contribution in [0.5, 0.6) is 0 Å². The number of thioether (sulfide) groups is 1. The Morgan fingerprint density at radius 2 is 2.00 bits per heavy atom. The van der Waals surface area contributed by atoms with Crippen LogP contribution in [0.3, 0.4) is 0 Å². The Bertz CT molecular complexity index is 144. The molecule has 2 nitrogen and oxygen atoms in total. The van der Waals surface area contributed by atoms with Crippen LogP contribution in [0.1, 0.15) is 26.7 Å². The molecule has 3 heteroatoms. The van der Waals surface area contributed by atoms with E-state index in [1.165, 1.54) is 38.2 Å². The smallest absolute Gasteiger partial charge is 0.00721 e. The van der Waals surface area contributed by atoms with E-state index in [0.29, 0.717) is 6.04 Å². The minimum Gasteiger partial charge on any atom is -0.317 e. The molecule has 0 aromatic rings. The number of nitrogens with one attached hydrogen (secondary N) is 1. The van der Waals surface area contributed by atoms with Gasteiger partial charge in [0.1, 0.15) is 0 Å². The first-order chi connectivity index (χ1) is 6.70. The van der Waals surface area contributed by atoms with Crippen molar-refractivity contribution in [3.8, 4) is 0 Å². The predicted octanol–water partition coefficient (Wildman–Crippen LogP) is 1.81. The minimum atomic E-state index is 0.684. The molecule has 14 heavy (non-hydrogen) atoms. The first-order valence-corrected chi connectivity index (χ1v) is 6.77. The molecule has 0 atom stereocenters. The molecule has 0 bridgehead atoms. The molecule has 0 aliphatic carbocycles. The zero-order valence-electron chi connectivity index (χ0n) is 9.75. The van der Waals surface area contributed by atoms with Crippen LogP contribution in [0, 0.1) is 0 Å². The lowest BCUT2D eigenvalue weighted by Gasteiger charge is -2.25. The predicted molar refractivity (Wildman–Crippen MR) is 66.1 cm³/mol. The van der Waals surface area contributed by atoms with E-state index in [9.17, 15) is 0 Å². The standard InChI is InChI=1S/C11H24N2S/c1-10(2)13(3)8-9-14-11-4-6-12-7-5-11/h10-12H,4-9H2,1-3H3. The van der Waals surface area contributed by atoms with Crippen molar-refractivity contribution in [2.75, 3.05) is 32.4 Å². The Hall–Kier alpha value is 0.270. The molecule has 0 unspecified atom stereocenters. The van der Waals surface area contributed by atoms with Gasteiger partial charge in [0.2, 0.25) is 0 Å². The Morgan fingerprint density at radius 3 is 2.57 bits per heavy atom. The molecule has 0 aromatic carbocycles. The summed E-state index contributed by atoms with van der Waals surface area (Å²) >= 11 is 2.16. The summed E-state index contributed by atoms with van der Waals surface area (Å²) in [6.45, 7) is 8.19. The van der Waals surface area contributed by atoms with Gasteiger partial charge in [0.05, 0.1) is 0 Å². The average molecular weight is 216 g/mol. The van der Waals surface area contributed by atoms with Gasteiger partial charge in [-0.05, 0) is 46.8 Å². The lowest BCUT2D eigenvalue weighted by atomic mass is 10.2. The SMILES string of the molecule is CC(C)N(C)CCSC1CCNCC1. The van der Waals surface area contributed by atoms with E-state index in [1.807, 2.05) is 0 Å². The molecule has 0 saturated carbocycles. The molecule has 0 radical (unpaired) electrons. The summed E-state index contributed by atoms with van der Waals surface area (Å²) in [6, 6.07) is 0.684. The molecule has 0 amide bonds. The number of rotatable bonds is 5. The summed E-state index contributed by atoms with van der Waals surface area (Å²) in [5.41, 5.74) is 0. The highest BCUT2D eigenvalue weighted by Gasteiger charge is 2.13. The van der Waals surface area contributed by atoms with Crippen molar-refractivity contribution in [2.24, 2.45) is 0 Å². The van der Waals surface area contributed by atoms with E-state index < -0.39 is 0 Å². The molecule has 84 valence electrons. The second-order valence-electron chi connectivity index (χ2n) is 4.39. The Kier molecular flexibility index (Phi) is 5.90. The third-order valence-electron chi connectivity index (χ3n) is 2.97. The fourth-order valence-corrected chi connectivity index (χ4v) is 2.88. The van der Waals surface area contributed by atoms with E-state index in [0.717, 1.165) is 5.25 Å². The molecular formula is C11H24N2S. The van der Waals surface area contributed by atoms with Crippen molar-refractivity contribution in [2.45, 2.75) is 38.0 Å². The summed E-state index contributed by atoms with van der Waals surface area (Å²) in [5, 5.41) is 4.32. The van der Waals surface area contributed by atoms with Crippen LogP contribution >= 0.6 is 11.8 Å². The van der Waals surface area contributed by atoms with Gasteiger partial charge in [0.15, 0.2) is 0 Å². The maximum Gasteiger partial charge on any atom is 0.00721 e. The monoisotopic (exact) mass is 216 g/mol. The Morgan fingerprint density at radius 1 is 1.36 bits per heavy atom. The average Bonchev–Trinajstić information content (AvgIpc) is 2.19. The topological polar surface area (TPSA) is 15.3 Å². The molecule has 0 spiro atoms. The summed E-state index contributed by atoms with van der Waals surface area (Å²) in [5.74, 6) is 1.29. The van der Waals surface area contributed by atoms with Crippen LogP contribution in [0.15, 0.2) is 0 Å². The molecule has 1 fully saturated rings. The lowest BCUT2D eigenvalue weighted by molar-refractivity contribution is 0.291. The maximum absolute atomic E-state index is 3.41. The van der Waals surface area contributed by atoms with Gasteiger partial charge in [-0.15, -0.1) is 0 Å². The maximum atomic E-state index is 3.41. The van der Waals surface area contributed by atoms with Gasteiger partial charge < -0.3 is 10.2 Å². The van der Waals surface area contributed by atoms with Crippen LogP contribution in [0.4, 0.5) is 0 Å². The van der Waals surface area contributed by atoms with Gasteiger partial charge in [-0.2, -0.15) is 11.8 Å². The van der Waals surface area contributed by atoms with Gasteiger partial charge in [-0.1, -0.05) is 0 Å². The molecule has 1 aliphatic heterocycles. The molecular weight excluding hydrogens is 192 g/mol. The lowest BCUT2D eigenvalue weighted by Crippen LogP contribution is -2.31. The summed E-state index contributed by atoms with van der Waals surface area (Å²) in [4.78, 5) is 2.42. The second-order valence-corrected chi connectivity index (χ2v) is 5.80. The molecule has 1 aliphatic rings. The zero-order chi connectivity index (χ0) is 10.4. The fraction of sp³-hybridized carbons (Fsp3) is 1.00. The molecule has 0 aromatic heterocycles. The number of hydrogen-bond donors (Lipinski definition) is 1. The molecule has 1 heterocycles. The summed E-state index contributed by atoms with van der Waals surface area (Å²) < 4.78 is 0. The fourth-order valence-electron chi connectivity index (χ4n) is 1.58. The molecule has 1 N–H and O–H groups in total. The minimum absolute atomic E-state index is 0.684. The number of piperidine rings is 1. The van der Waals surface area contributed by atoms with Gasteiger partial charge in [-0.25, -0.2) is 0 Å². The highest BCUT2D eigenvalue weighted by atomic mass is 32.2. The van der Waals surface area contributed by atoms with E-state index in [-0.39, 0.29) is 0 Å². The van der Waals surface area contributed by atoms with E-state index in [4.69, 9.17) is 0 Å². The van der Waals surface area contributed by atoms with E-state index in [2.05, 4.69) is 42.9 Å². The first-order valence-electron chi connectivity index (χ1n) is 5.72. The Labute approximate surface area is 92.8 Å². The van der Waals surface area contributed by atoms with Crippen LogP contribution in [-0.4, -0.2) is 48.6 Å². The largest absolute Gasteiger partial charge is 0.317 e. The van der Waals surface area contributed by atoms with Crippen molar-refractivity contribution in [3.05, 3.63) is 0 Å². The van der Waals surface area contributed by atoms with Crippen molar-refractivity contribution in [1.29, 1.82) is 0 Å². The van der Waals surface area contributed by atoms with Crippen LogP contribution < -0.4 is 5.32 Å². The van der Waals surface area contributed by atoms with E-state index in [1.54, 1.807) is 0 Å². The van der Waals surface area contributed by atoms with Crippen molar-refractivity contribution in [1.82, 2.24) is 10.2 Å². The van der Waals surface area contributed by atoms with Gasteiger partial charge in [-0.3, -0.25) is 0 Å². The van der Waals surface area contributed by atoms with Crippen molar-refractivity contribution >= 4 is 11.8 Å². The first kappa shape index (κ1) is 12.3. The van der Waals surface area contributed by atoms with Gasteiger partial charge in [0.25, 0.3) is 0 Å². The molecule has 1 saturated heterocycles. The summed E-state index contributed by atoms with van der Waals surface area (Å²) in [6.07, 6.45) is 2.71. The third-order valence-corrected chi connectivity index (χ3v) is 4.33. The second kappa shape index (κ2) is 6.70.